The third-order valence-electron chi connectivity index (χ3n) is 5.85. The van der Waals surface area contributed by atoms with E-state index in [-0.39, 0.29) is 17.0 Å². The van der Waals surface area contributed by atoms with Crippen LogP contribution >= 0.6 is 0 Å². The SMILES string of the molecule is COc1cc2c(cc1-c1cnc(C)nc1)CC(C(C)(C)C)n1cc(C(=O)O)c(=O)cc1-2. The number of aryl methyl sites for hydroxylation is 1. The molecular weight excluding hydrogens is 394 g/mol. The third-order valence-corrected chi connectivity index (χ3v) is 5.85. The summed E-state index contributed by atoms with van der Waals surface area (Å²) in [5.74, 6) is 0.115. The predicted molar refractivity (Wildman–Crippen MR) is 118 cm³/mol. The molecule has 0 spiro atoms. The van der Waals surface area contributed by atoms with Gasteiger partial charge in [-0.1, -0.05) is 20.8 Å². The van der Waals surface area contributed by atoms with Crippen molar-refractivity contribution in [2.75, 3.05) is 7.11 Å². The normalized spacial score (nSPS) is 15.2. The van der Waals surface area contributed by atoms with Crippen LogP contribution in [-0.2, 0) is 6.42 Å². The van der Waals surface area contributed by atoms with Crippen molar-refractivity contribution in [2.24, 2.45) is 5.41 Å². The monoisotopic (exact) mass is 419 g/mol. The molecule has 0 fully saturated rings. The summed E-state index contributed by atoms with van der Waals surface area (Å²) in [5, 5.41) is 9.47. The van der Waals surface area contributed by atoms with Gasteiger partial charge in [0.1, 0.15) is 17.1 Å². The summed E-state index contributed by atoms with van der Waals surface area (Å²) in [7, 11) is 1.60. The summed E-state index contributed by atoms with van der Waals surface area (Å²) >= 11 is 0. The molecule has 3 heterocycles. The quantitative estimate of drug-likeness (QED) is 0.686. The smallest absolute Gasteiger partial charge is 0.341 e. The van der Waals surface area contributed by atoms with Crippen molar-refractivity contribution in [3.05, 3.63) is 64.0 Å². The standard InChI is InChI=1S/C24H25N3O4/c1-13-25-10-15(11-26-13)17-6-14-7-22(24(2,3)4)27-12-18(23(29)30)20(28)9-19(27)16(14)8-21(17)31-5/h6,8-12,22H,7H2,1-5H3,(H,29,30). The topological polar surface area (TPSA) is 94.3 Å². The van der Waals surface area contributed by atoms with Crippen LogP contribution in [0.3, 0.4) is 0 Å². The van der Waals surface area contributed by atoms with Crippen LogP contribution in [0.25, 0.3) is 22.4 Å². The lowest BCUT2D eigenvalue weighted by molar-refractivity contribution is 0.0693. The van der Waals surface area contributed by atoms with Gasteiger partial charge in [0.05, 0.1) is 12.8 Å². The van der Waals surface area contributed by atoms with E-state index >= 15 is 0 Å². The fraction of sp³-hybridized carbons (Fsp3) is 0.333. The summed E-state index contributed by atoms with van der Waals surface area (Å²) in [4.78, 5) is 32.7. The van der Waals surface area contributed by atoms with Gasteiger partial charge in [-0.2, -0.15) is 0 Å². The van der Waals surface area contributed by atoms with Gasteiger partial charge in [-0.3, -0.25) is 4.79 Å². The fourth-order valence-electron chi connectivity index (χ4n) is 4.17. The number of carboxylic acid groups (broad SMARTS) is 1. The number of pyridine rings is 1. The second-order valence-corrected chi connectivity index (χ2v) is 8.96. The largest absolute Gasteiger partial charge is 0.496 e. The molecule has 1 N–H and O–H groups in total. The highest BCUT2D eigenvalue weighted by atomic mass is 16.5. The van der Waals surface area contributed by atoms with E-state index in [9.17, 15) is 14.7 Å². The molecule has 2 aromatic heterocycles. The summed E-state index contributed by atoms with van der Waals surface area (Å²) < 4.78 is 7.59. The van der Waals surface area contributed by atoms with E-state index in [4.69, 9.17) is 4.74 Å². The third kappa shape index (κ3) is 3.60. The van der Waals surface area contributed by atoms with Crippen LogP contribution in [-0.4, -0.2) is 32.7 Å². The molecular formula is C24H25N3O4. The van der Waals surface area contributed by atoms with Crippen LogP contribution < -0.4 is 10.2 Å². The van der Waals surface area contributed by atoms with Gasteiger partial charge < -0.3 is 14.4 Å². The highest BCUT2D eigenvalue weighted by Crippen LogP contribution is 2.45. The Morgan fingerprint density at radius 3 is 2.42 bits per heavy atom. The van der Waals surface area contributed by atoms with Crippen LogP contribution in [0.4, 0.5) is 0 Å². The van der Waals surface area contributed by atoms with E-state index in [1.165, 1.54) is 12.3 Å². The van der Waals surface area contributed by atoms with Gasteiger partial charge in [0.25, 0.3) is 0 Å². The van der Waals surface area contributed by atoms with Gasteiger partial charge >= 0.3 is 5.97 Å². The zero-order chi connectivity index (χ0) is 22.5. The van der Waals surface area contributed by atoms with Crippen LogP contribution in [0.1, 0.15) is 48.6 Å². The van der Waals surface area contributed by atoms with E-state index in [1.807, 2.05) is 17.6 Å². The van der Waals surface area contributed by atoms with Crippen LogP contribution in [0.15, 0.2) is 41.6 Å². The lowest BCUT2D eigenvalue weighted by Gasteiger charge is -2.39. The lowest BCUT2D eigenvalue weighted by atomic mass is 9.78. The Labute approximate surface area is 180 Å². The minimum atomic E-state index is -1.22. The molecule has 160 valence electrons. The zero-order valence-corrected chi connectivity index (χ0v) is 18.3. The molecule has 0 saturated heterocycles. The molecule has 31 heavy (non-hydrogen) atoms. The minimum Gasteiger partial charge on any atom is -0.496 e. The number of fused-ring (bicyclic) bond motifs is 3. The maximum atomic E-state index is 12.5. The number of ether oxygens (including phenoxy) is 1. The number of methoxy groups -OCH3 is 1. The van der Waals surface area contributed by atoms with Crippen LogP contribution in [0.5, 0.6) is 5.75 Å². The van der Waals surface area contributed by atoms with Crippen molar-refractivity contribution in [1.29, 1.82) is 0 Å². The van der Waals surface area contributed by atoms with Crippen LogP contribution in [0, 0.1) is 12.3 Å². The second kappa shape index (κ2) is 7.34. The minimum absolute atomic E-state index is 0.0239. The summed E-state index contributed by atoms with van der Waals surface area (Å²) in [6, 6.07) is 5.38. The number of aromatic carboxylic acids is 1. The maximum absolute atomic E-state index is 12.5. The fourth-order valence-corrected chi connectivity index (χ4v) is 4.17. The number of benzene rings is 1. The van der Waals surface area contributed by atoms with Gasteiger partial charge in [0.15, 0.2) is 5.43 Å². The Bertz CT molecular complexity index is 1240. The molecule has 0 amide bonds. The lowest BCUT2D eigenvalue weighted by Crippen LogP contribution is -2.32. The number of hydrogen-bond donors (Lipinski definition) is 1. The molecule has 0 saturated carbocycles. The summed E-state index contributed by atoms with van der Waals surface area (Å²) in [5.41, 5.74) is 3.47. The summed E-state index contributed by atoms with van der Waals surface area (Å²) in [6.45, 7) is 8.18. The molecule has 7 nitrogen and oxygen atoms in total. The summed E-state index contributed by atoms with van der Waals surface area (Å²) in [6.07, 6.45) is 5.72. The van der Waals surface area contributed by atoms with E-state index in [0.717, 1.165) is 22.3 Å². The number of nitrogens with zero attached hydrogens (tertiary/aromatic N) is 3. The number of aromatic nitrogens is 3. The van der Waals surface area contributed by atoms with E-state index in [1.54, 1.807) is 19.5 Å². The first-order valence-electron chi connectivity index (χ1n) is 10.1. The van der Waals surface area contributed by atoms with E-state index in [0.29, 0.717) is 23.7 Å². The Balaban J connectivity index is 1.99. The number of carboxylic acids is 1. The molecule has 0 aliphatic carbocycles. The van der Waals surface area contributed by atoms with E-state index < -0.39 is 11.4 Å². The maximum Gasteiger partial charge on any atom is 0.341 e. The first kappa shape index (κ1) is 20.8. The molecule has 0 radical (unpaired) electrons. The average Bonchev–Trinajstić information content (AvgIpc) is 2.71. The van der Waals surface area contributed by atoms with Crippen molar-refractivity contribution >= 4 is 5.97 Å². The van der Waals surface area contributed by atoms with Crippen molar-refractivity contribution in [3.8, 4) is 28.1 Å². The molecule has 7 heteroatoms. The Kier molecular flexibility index (Phi) is 4.92. The van der Waals surface area contributed by atoms with Crippen molar-refractivity contribution in [1.82, 2.24) is 14.5 Å². The van der Waals surface area contributed by atoms with Gasteiger partial charge in [-0.15, -0.1) is 0 Å². The Hall–Kier alpha value is -3.48. The highest BCUT2D eigenvalue weighted by Gasteiger charge is 2.34. The molecule has 1 aliphatic heterocycles. The second-order valence-electron chi connectivity index (χ2n) is 8.96. The Morgan fingerprint density at radius 1 is 1.16 bits per heavy atom. The highest BCUT2D eigenvalue weighted by molar-refractivity contribution is 5.88. The molecule has 3 aromatic rings. The molecule has 1 unspecified atom stereocenters. The van der Waals surface area contributed by atoms with Crippen LogP contribution in [0.2, 0.25) is 0 Å². The first-order chi connectivity index (χ1) is 14.6. The average molecular weight is 419 g/mol. The first-order valence-corrected chi connectivity index (χ1v) is 10.1. The number of rotatable bonds is 3. The predicted octanol–water partition coefficient (Wildman–Crippen LogP) is 4.13. The van der Waals surface area contributed by atoms with Gasteiger partial charge in [-0.05, 0) is 36.5 Å². The Morgan fingerprint density at radius 2 is 1.84 bits per heavy atom. The molecule has 1 aromatic carbocycles. The molecule has 4 rings (SSSR count). The van der Waals surface area contributed by atoms with Gasteiger partial charge in [0.2, 0.25) is 0 Å². The van der Waals surface area contributed by atoms with Crippen molar-refractivity contribution < 1.29 is 14.6 Å². The molecule has 1 aliphatic rings. The van der Waals surface area contributed by atoms with Gasteiger partial charge in [0, 0.05) is 47.4 Å². The molecule has 0 bridgehead atoms. The number of carbonyl (C=O) groups is 1. The van der Waals surface area contributed by atoms with Crippen molar-refractivity contribution in [3.63, 3.8) is 0 Å². The number of hydrogen-bond acceptors (Lipinski definition) is 5. The zero-order valence-electron chi connectivity index (χ0n) is 18.3. The van der Waals surface area contributed by atoms with E-state index in [2.05, 4.69) is 36.8 Å². The molecule has 1 atom stereocenters. The van der Waals surface area contributed by atoms with Crippen molar-refractivity contribution in [2.45, 2.75) is 40.2 Å². The van der Waals surface area contributed by atoms with Gasteiger partial charge in [-0.25, -0.2) is 14.8 Å².